The Bertz CT molecular complexity index is 1070. The Balaban J connectivity index is 2.43. The van der Waals surface area contributed by atoms with E-state index in [1.807, 2.05) is 0 Å². The first-order chi connectivity index (χ1) is 15.1. The number of halogens is 1. The van der Waals surface area contributed by atoms with Crippen LogP contribution in [0.4, 0.5) is 0 Å². The van der Waals surface area contributed by atoms with Gasteiger partial charge in [0.1, 0.15) is 11.5 Å². The zero-order valence-electron chi connectivity index (χ0n) is 22.8. The van der Waals surface area contributed by atoms with Crippen molar-refractivity contribution < 1.29 is 13.6 Å². The van der Waals surface area contributed by atoms with Gasteiger partial charge >= 0.3 is 6.95 Å². The van der Waals surface area contributed by atoms with Gasteiger partial charge in [0.05, 0.1) is 9.79 Å². The summed E-state index contributed by atoms with van der Waals surface area (Å²) in [6.45, 7) is 22.0. The molecule has 0 atom stereocenters. The van der Waals surface area contributed by atoms with Crippen LogP contribution in [-0.4, -0.2) is 0 Å². The summed E-state index contributed by atoms with van der Waals surface area (Å²) in [7, 11) is 0. The van der Waals surface area contributed by atoms with Crippen molar-refractivity contribution in [3.63, 3.8) is 0 Å². The molecule has 2 aromatic rings. The van der Waals surface area contributed by atoms with E-state index in [2.05, 4.69) is 107 Å². The smallest absolute Gasteiger partial charge is 0.403 e. The number of hydrogen-bond acceptors (Lipinski definition) is 4. The van der Waals surface area contributed by atoms with E-state index in [0.717, 1.165) is 20.9 Å². The fraction of sp³-hybridized carbons (Fsp3) is 0.571. The van der Waals surface area contributed by atoms with E-state index >= 15 is 0 Å². The van der Waals surface area contributed by atoms with Crippen LogP contribution in [0.25, 0.3) is 0 Å². The van der Waals surface area contributed by atoms with Crippen molar-refractivity contribution in [3.8, 4) is 11.5 Å². The predicted octanol–water partition coefficient (Wildman–Crippen LogP) is 10.1. The Labute approximate surface area is 215 Å². The van der Waals surface area contributed by atoms with Crippen LogP contribution < -0.4 is 9.05 Å². The quantitative estimate of drug-likeness (QED) is 0.322. The maximum atomic E-state index is 13.6. The summed E-state index contributed by atoms with van der Waals surface area (Å²) in [6, 6.07) is 8.62. The van der Waals surface area contributed by atoms with Gasteiger partial charge in [0.2, 0.25) is 0 Å². The molecule has 0 aromatic heterocycles. The molecule has 1 aliphatic rings. The van der Waals surface area contributed by atoms with Crippen molar-refractivity contribution in [2.75, 3.05) is 0 Å². The van der Waals surface area contributed by atoms with Gasteiger partial charge in [-0.2, -0.15) is 0 Å². The lowest BCUT2D eigenvalue weighted by molar-refractivity contribution is 0.384. The van der Waals surface area contributed by atoms with Crippen molar-refractivity contribution in [1.82, 2.24) is 0 Å². The maximum absolute atomic E-state index is 13.6. The molecule has 3 rings (SSSR count). The first kappa shape index (κ1) is 27.5. The lowest BCUT2D eigenvalue weighted by Crippen LogP contribution is -2.20. The molecular formula is C28H40ClO3PS. The lowest BCUT2D eigenvalue weighted by atomic mass is 9.80. The average Bonchev–Trinajstić information content (AvgIpc) is 2.58. The number of fused-ring (bicyclic) bond motifs is 2. The van der Waals surface area contributed by atoms with Crippen LogP contribution in [0, 0.1) is 0 Å². The fourth-order valence-electron chi connectivity index (χ4n) is 3.88. The number of hydrogen-bond donors (Lipinski definition) is 0. The molecule has 0 saturated heterocycles. The van der Waals surface area contributed by atoms with Gasteiger partial charge in [0.25, 0.3) is 0 Å². The fourth-order valence-corrected chi connectivity index (χ4v) is 6.38. The molecule has 1 aliphatic heterocycles. The average molecular weight is 523 g/mol. The normalized spacial score (nSPS) is 16.5. The molecule has 3 nitrogen and oxygen atoms in total. The standard InChI is InChI=1S/C28H40ClO3PS/c1-25(2,3)17-13-19(27(7,8)9)23-21(15-17)34-22-16-18(26(4,5)6)14-20(28(10,11)12)24(22)32-33(29,30)31-23/h13-16H,1-12H3. The van der Waals surface area contributed by atoms with Gasteiger partial charge in [-0.3, -0.25) is 0 Å². The lowest BCUT2D eigenvalue weighted by Gasteiger charge is -2.33. The number of benzene rings is 2. The Kier molecular flexibility index (Phi) is 6.87. The van der Waals surface area contributed by atoms with E-state index in [1.165, 1.54) is 11.1 Å². The van der Waals surface area contributed by atoms with Gasteiger partial charge in [-0.1, -0.05) is 107 Å². The third-order valence-corrected chi connectivity index (χ3v) is 8.34. The Morgan fingerprint density at radius 3 is 1.21 bits per heavy atom. The highest BCUT2D eigenvalue weighted by molar-refractivity contribution is 7.99. The summed E-state index contributed by atoms with van der Waals surface area (Å²) in [5, 5.41) is 0. The molecule has 34 heavy (non-hydrogen) atoms. The van der Waals surface area contributed by atoms with Crippen LogP contribution in [0.2, 0.25) is 0 Å². The predicted molar refractivity (Wildman–Crippen MR) is 147 cm³/mol. The number of rotatable bonds is 0. The molecule has 0 saturated carbocycles. The Hall–Kier alpha value is -1.09. The Morgan fingerprint density at radius 1 is 0.618 bits per heavy atom. The monoisotopic (exact) mass is 522 g/mol. The molecule has 0 spiro atoms. The SMILES string of the molecule is CC(C)(C)c1cc2c(c(C(C)(C)C)c1)OP(=O)(Cl)Oc1c(cc(C(C)(C)C)cc1C(C)(C)C)S2. The van der Waals surface area contributed by atoms with Gasteiger partial charge in [-0.15, -0.1) is 0 Å². The van der Waals surface area contributed by atoms with Crippen molar-refractivity contribution in [2.45, 2.75) is 115 Å². The molecule has 0 radical (unpaired) electrons. The summed E-state index contributed by atoms with van der Waals surface area (Å²) < 4.78 is 25.7. The summed E-state index contributed by atoms with van der Waals surface area (Å²) in [5.74, 6) is 1.10. The minimum absolute atomic E-state index is 0.0637. The van der Waals surface area contributed by atoms with Crippen LogP contribution >= 0.6 is 30.0 Å². The first-order valence-corrected chi connectivity index (χ1v) is 15.1. The zero-order valence-corrected chi connectivity index (χ0v) is 25.2. The van der Waals surface area contributed by atoms with Crippen LogP contribution in [-0.2, 0) is 26.2 Å². The van der Waals surface area contributed by atoms with Gasteiger partial charge in [0.15, 0.2) is 0 Å². The minimum atomic E-state index is -3.97. The molecule has 0 unspecified atom stereocenters. The molecule has 188 valence electrons. The molecule has 0 aliphatic carbocycles. The summed E-state index contributed by atoms with van der Waals surface area (Å²) in [6.07, 6.45) is 0. The van der Waals surface area contributed by atoms with Gasteiger partial charge in [-0.05, 0) is 44.9 Å². The molecule has 0 fully saturated rings. The van der Waals surface area contributed by atoms with Gasteiger partial charge in [-0.25, -0.2) is 4.57 Å². The van der Waals surface area contributed by atoms with E-state index in [4.69, 9.17) is 20.3 Å². The largest absolute Gasteiger partial charge is 0.530 e. The van der Waals surface area contributed by atoms with Gasteiger partial charge < -0.3 is 9.05 Å². The third-order valence-electron chi connectivity index (χ3n) is 6.08. The second-order valence-electron chi connectivity index (χ2n) is 13.4. The third kappa shape index (κ3) is 5.82. The molecule has 0 amide bonds. The van der Waals surface area contributed by atoms with Crippen molar-refractivity contribution >= 4 is 30.0 Å². The van der Waals surface area contributed by atoms with Crippen molar-refractivity contribution in [1.29, 1.82) is 0 Å². The van der Waals surface area contributed by atoms with E-state index in [1.54, 1.807) is 11.8 Å². The minimum Gasteiger partial charge on any atom is -0.403 e. The van der Waals surface area contributed by atoms with E-state index in [-0.39, 0.29) is 21.7 Å². The van der Waals surface area contributed by atoms with E-state index in [0.29, 0.717) is 11.5 Å². The zero-order chi connectivity index (χ0) is 26.1. The highest BCUT2D eigenvalue weighted by atomic mass is 35.7. The second-order valence-corrected chi connectivity index (χ2v) is 17.0. The highest BCUT2D eigenvalue weighted by Gasteiger charge is 2.38. The molecule has 0 bridgehead atoms. The van der Waals surface area contributed by atoms with Crippen molar-refractivity contribution in [3.05, 3.63) is 46.5 Å². The van der Waals surface area contributed by atoms with E-state index in [9.17, 15) is 4.57 Å². The topological polar surface area (TPSA) is 35.5 Å². The van der Waals surface area contributed by atoms with Crippen LogP contribution in [0.1, 0.15) is 105 Å². The van der Waals surface area contributed by atoms with Crippen molar-refractivity contribution in [2.24, 2.45) is 0 Å². The second kappa shape index (κ2) is 8.49. The summed E-state index contributed by atoms with van der Waals surface area (Å²) >= 11 is 8.12. The van der Waals surface area contributed by atoms with E-state index < -0.39 is 6.95 Å². The van der Waals surface area contributed by atoms with Crippen LogP contribution in [0.15, 0.2) is 34.1 Å². The van der Waals surface area contributed by atoms with Crippen LogP contribution in [0.5, 0.6) is 11.5 Å². The van der Waals surface area contributed by atoms with Gasteiger partial charge in [0, 0.05) is 22.4 Å². The Morgan fingerprint density at radius 2 is 0.941 bits per heavy atom. The highest BCUT2D eigenvalue weighted by Crippen LogP contribution is 2.62. The molecule has 2 aromatic carbocycles. The summed E-state index contributed by atoms with van der Waals surface area (Å²) in [4.78, 5) is 1.82. The molecular weight excluding hydrogens is 483 g/mol. The molecule has 1 heterocycles. The first-order valence-electron chi connectivity index (χ1n) is 11.8. The van der Waals surface area contributed by atoms with Crippen LogP contribution in [0.3, 0.4) is 0 Å². The maximum Gasteiger partial charge on any atom is 0.530 e. The molecule has 0 N–H and O–H groups in total. The molecule has 6 heteroatoms. The summed E-state index contributed by atoms with van der Waals surface area (Å²) in [5.41, 5.74) is 3.73.